The molecule has 0 amide bonds. The first-order valence-electron chi connectivity index (χ1n) is 8.97. The van der Waals surface area contributed by atoms with Gasteiger partial charge in [0.15, 0.2) is 0 Å². The lowest BCUT2D eigenvalue weighted by Crippen LogP contribution is -2.28. The van der Waals surface area contributed by atoms with Gasteiger partial charge in [0.25, 0.3) is 0 Å². The summed E-state index contributed by atoms with van der Waals surface area (Å²) in [5, 5.41) is 6.68. The third kappa shape index (κ3) is 6.86. The Morgan fingerprint density at radius 3 is 2.35 bits per heavy atom. The summed E-state index contributed by atoms with van der Waals surface area (Å²) in [6.45, 7) is 4.84. The number of nitrogens with two attached hydrogens (primary N) is 1. The molecular formula is C16H28N6O2S2. The van der Waals surface area contributed by atoms with Crippen LogP contribution < -0.4 is 21.1 Å². The van der Waals surface area contributed by atoms with Crippen molar-refractivity contribution in [2.45, 2.75) is 30.6 Å². The summed E-state index contributed by atoms with van der Waals surface area (Å²) in [5.74, 6) is 0. The zero-order valence-corrected chi connectivity index (χ0v) is 16.5. The van der Waals surface area contributed by atoms with Crippen molar-refractivity contribution in [1.29, 1.82) is 0 Å². The Kier molecular flexibility index (Phi) is 9.37. The summed E-state index contributed by atoms with van der Waals surface area (Å²) < 4.78 is 35.6. The fourth-order valence-electron chi connectivity index (χ4n) is 2.47. The van der Waals surface area contributed by atoms with Crippen LogP contribution in [-0.2, 0) is 10.0 Å². The molecular weight excluding hydrogens is 372 g/mol. The Hall–Kier alpha value is -1.17. The summed E-state index contributed by atoms with van der Waals surface area (Å²) in [4.78, 5) is 0.193. The minimum Gasteiger partial charge on any atom is -0.330 e. The summed E-state index contributed by atoms with van der Waals surface area (Å²) >= 11 is 1.02. The highest BCUT2D eigenvalue weighted by atomic mass is 32.2. The van der Waals surface area contributed by atoms with Gasteiger partial charge in [-0.05, 0) is 70.5 Å². The van der Waals surface area contributed by atoms with Crippen LogP contribution in [0, 0.1) is 0 Å². The molecule has 0 saturated heterocycles. The molecule has 0 fully saturated rings. The van der Waals surface area contributed by atoms with Gasteiger partial charge < -0.3 is 16.4 Å². The molecule has 0 unspecified atom stereocenters. The molecule has 146 valence electrons. The normalized spacial score (nSPS) is 12.0. The van der Waals surface area contributed by atoms with Gasteiger partial charge in [-0.25, -0.2) is 13.1 Å². The van der Waals surface area contributed by atoms with E-state index in [4.69, 9.17) is 5.73 Å². The van der Waals surface area contributed by atoms with Gasteiger partial charge >= 0.3 is 0 Å². The van der Waals surface area contributed by atoms with E-state index in [2.05, 4.69) is 24.1 Å². The largest absolute Gasteiger partial charge is 0.330 e. The lowest BCUT2D eigenvalue weighted by Gasteiger charge is -2.08. The number of fused-ring (bicyclic) bond motifs is 1. The van der Waals surface area contributed by atoms with Crippen LogP contribution in [0.5, 0.6) is 0 Å². The van der Waals surface area contributed by atoms with Gasteiger partial charge in [-0.1, -0.05) is 6.07 Å². The van der Waals surface area contributed by atoms with Crippen LogP contribution in [0.1, 0.15) is 25.7 Å². The second kappa shape index (κ2) is 11.5. The van der Waals surface area contributed by atoms with Gasteiger partial charge in [0.1, 0.15) is 15.9 Å². The van der Waals surface area contributed by atoms with Crippen molar-refractivity contribution < 1.29 is 8.42 Å². The predicted molar refractivity (Wildman–Crippen MR) is 106 cm³/mol. The molecule has 0 aliphatic rings. The highest BCUT2D eigenvalue weighted by Gasteiger charge is 2.18. The lowest BCUT2D eigenvalue weighted by molar-refractivity contribution is 0.559. The van der Waals surface area contributed by atoms with E-state index >= 15 is 0 Å². The van der Waals surface area contributed by atoms with Crippen LogP contribution in [0.3, 0.4) is 0 Å². The Morgan fingerprint density at radius 1 is 0.923 bits per heavy atom. The maximum atomic E-state index is 12.4. The molecule has 2 aromatic rings. The van der Waals surface area contributed by atoms with Gasteiger partial charge in [-0.15, -0.1) is 0 Å². The quantitative estimate of drug-likeness (QED) is 0.344. The van der Waals surface area contributed by atoms with E-state index in [1.54, 1.807) is 18.2 Å². The van der Waals surface area contributed by atoms with E-state index in [9.17, 15) is 8.42 Å². The fourth-order valence-corrected chi connectivity index (χ4v) is 4.31. The van der Waals surface area contributed by atoms with Gasteiger partial charge in [-0.2, -0.15) is 8.75 Å². The molecule has 0 bridgehead atoms. The van der Waals surface area contributed by atoms with Gasteiger partial charge in [-0.3, -0.25) is 0 Å². The zero-order valence-electron chi connectivity index (χ0n) is 14.9. The number of sulfonamides is 1. The summed E-state index contributed by atoms with van der Waals surface area (Å²) in [7, 11) is -3.56. The molecule has 8 nitrogen and oxygen atoms in total. The molecule has 0 aliphatic heterocycles. The molecule has 0 spiro atoms. The van der Waals surface area contributed by atoms with E-state index < -0.39 is 10.0 Å². The molecule has 1 aromatic heterocycles. The summed E-state index contributed by atoms with van der Waals surface area (Å²) in [5.41, 5.74) is 6.47. The molecule has 5 N–H and O–H groups in total. The first-order valence-corrected chi connectivity index (χ1v) is 11.2. The molecule has 0 saturated carbocycles. The SMILES string of the molecule is NCCCNCCCCNCCCNS(=O)(=O)c1cccc2nsnc12. The van der Waals surface area contributed by atoms with Gasteiger partial charge in [0.2, 0.25) is 10.0 Å². The number of nitrogens with zero attached hydrogens (tertiary/aromatic N) is 2. The number of rotatable bonds is 14. The van der Waals surface area contributed by atoms with E-state index in [1.165, 1.54) is 0 Å². The number of hydrogen-bond donors (Lipinski definition) is 4. The van der Waals surface area contributed by atoms with Crippen molar-refractivity contribution >= 4 is 32.8 Å². The van der Waals surface area contributed by atoms with Gasteiger partial charge in [0, 0.05) is 6.54 Å². The van der Waals surface area contributed by atoms with Crippen LogP contribution in [0.25, 0.3) is 11.0 Å². The van der Waals surface area contributed by atoms with E-state index in [1.807, 2.05) is 0 Å². The first-order chi connectivity index (χ1) is 12.6. The van der Waals surface area contributed by atoms with E-state index in [0.717, 1.165) is 70.1 Å². The topological polar surface area (TPSA) is 122 Å². The minimum atomic E-state index is -3.56. The molecule has 10 heteroatoms. The van der Waals surface area contributed by atoms with E-state index in [0.29, 0.717) is 17.6 Å². The summed E-state index contributed by atoms with van der Waals surface area (Å²) in [6, 6.07) is 5.01. The smallest absolute Gasteiger partial charge is 0.242 e. The molecule has 0 aliphatic carbocycles. The second-order valence-electron chi connectivity index (χ2n) is 5.99. The Balaban J connectivity index is 1.58. The van der Waals surface area contributed by atoms with Crippen molar-refractivity contribution in [1.82, 2.24) is 24.1 Å². The average molecular weight is 401 g/mol. The highest BCUT2D eigenvalue weighted by Crippen LogP contribution is 2.20. The number of hydrogen-bond acceptors (Lipinski definition) is 8. The Morgan fingerprint density at radius 2 is 1.62 bits per heavy atom. The third-order valence-corrected chi connectivity index (χ3v) is 5.91. The van der Waals surface area contributed by atoms with Crippen molar-refractivity contribution in [3.63, 3.8) is 0 Å². The fraction of sp³-hybridized carbons (Fsp3) is 0.625. The van der Waals surface area contributed by atoms with Crippen LogP contribution in [0.15, 0.2) is 23.1 Å². The van der Waals surface area contributed by atoms with Crippen molar-refractivity contribution in [3.8, 4) is 0 Å². The molecule has 1 aromatic carbocycles. The lowest BCUT2D eigenvalue weighted by atomic mass is 10.3. The maximum Gasteiger partial charge on any atom is 0.242 e. The number of unbranched alkanes of at least 4 members (excludes halogenated alkanes) is 1. The maximum absolute atomic E-state index is 12.4. The average Bonchev–Trinajstić information content (AvgIpc) is 3.11. The van der Waals surface area contributed by atoms with E-state index in [-0.39, 0.29) is 4.90 Å². The number of benzene rings is 1. The highest BCUT2D eigenvalue weighted by molar-refractivity contribution is 7.89. The van der Waals surface area contributed by atoms with Crippen molar-refractivity contribution in [2.75, 3.05) is 39.3 Å². The Bertz CT molecular complexity index is 750. The minimum absolute atomic E-state index is 0.193. The standard InChI is InChI=1S/C16H28N6O2S2/c17-8-4-11-18-9-1-2-10-19-12-5-13-20-26(23,24)15-7-3-6-14-16(15)22-25-21-14/h3,6-7,18-20H,1-2,4-5,8-13,17H2. The zero-order chi connectivity index (χ0) is 18.7. The molecule has 26 heavy (non-hydrogen) atoms. The molecule has 1 heterocycles. The number of nitrogens with one attached hydrogen (secondary N) is 3. The number of aromatic nitrogens is 2. The first kappa shape index (κ1) is 21.1. The Labute approximate surface area is 159 Å². The van der Waals surface area contributed by atoms with Gasteiger partial charge in [0.05, 0.1) is 11.7 Å². The molecule has 0 radical (unpaired) electrons. The van der Waals surface area contributed by atoms with Crippen LogP contribution in [0.4, 0.5) is 0 Å². The van der Waals surface area contributed by atoms with Crippen molar-refractivity contribution in [2.24, 2.45) is 5.73 Å². The third-order valence-electron chi connectivity index (χ3n) is 3.88. The van der Waals surface area contributed by atoms with Crippen LogP contribution in [0.2, 0.25) is 0 Å². The molecule has 2 rings (SSSR count). The predicted octanol–water partition coefficient (Wildman–Crippen LogP) is 0.668. The second-order valence-corrected chi connectivity index (χ2v) is 8.25. The molecule has 0 atom stereocenters. The van der Waals surface area contributed by atoms with Crippen LogP contribution >= 0.6 is 11.7 Å². The van der Waals surface area contributed by atoms with Crippen molar-refractivity contribution in [3.05, 3.63) is 18.2 Å². The van der Waals surface area contributed by atoms with Crippen LogP contribution in [-0.4, -0.2) is 56.4 Å². The monoisotopic (exact) mass is 400 g/mol. The summed E-state index contributed by atoms with van der Waals surface area (Å²) in [6.07, 6.45) is 3.97.